The van der Waals surface area contributed by atoms with E-state index in [1.54, 1.807) is 0 Å². The average molecular weight is 275 g/mol. The van der Waals surface area contributed by atoms with Crippen LogP contribution in [-0.4, -0.2) is 30.2 Å². The topological polar surface area (TPSA) is 79.9 Å². The molecule has 0 amide bonds. The molecule has 0 bridgehead atoms. The Morgan fingerprint density at radius 3 is 2.95 bits per heavy atom. The molecular weight excluding hydrogens is 254 g/mol. The minimum absolute atomic E-state index is 0.196. The monoisotopic (exact) mass is 275 g/mol. The van der Waals surface area contributed by atoms with Gasteiger partial charge in [0.25, 0.3) is 0 Å². The fraction of sp³-hybridized carbons (Fsp3) is 0.533. The molecule has 1 aromatic rings. The zero-order valence-corrected chi connectivity index (χ0v) is 11.5. The lowest BCUT2D eigenvalue weighted by atomic mass is 10.0. The standard InChI is InChI=1S/C15H21N3O2/c16-14(18-19)8-15(5-6-15)10-17-9-12-7-11-3-1-2-4-13(11)20-12/h1-4,12,17,19H,5-10H2,(H2,16,18). The van der Waals surface area contributed by atoms with Gasteiger partial charge in [-0.1, -0.05) is 23.4 Å². The van der Waals surface area contributed by atoms with Gasteiger partial charge in [0.2, 0.25) is 0 Å². The van der Waals surface area contributed by atoms with Crippen LogP contribution in [-0.2, 0) is 6.42 Å². The predicted molar refractivity (Wildman–Crippen MR) is 77.1 cm³/mol. The fourth-order valence-corrected chi connectivity index (χ4v) is 2.88. The Labute approximate surface area is 118 Å². The molecule has 0 saturated heterocycles. The molecule has 1 aliphatic carbocycles. The molecule has 20 heavy (non-hydrogen) atoms. The van der Waals surface area contributed by atoms with Gasteiger partial charge in [0.05, 0.1) is 0 Å². The first-order valence-corrected chi connectivity index (χ1v) is 7.12. The molecular formula is C15H21N3O2. The van der Waals surface area contributed by atoms with Crippen molar-refractivity contribution in [2.45, 2.75) is 31.8 Å². The van der Waals surface area contributed by atoms with Crippen molar-refractivity contribution in [2.24, 2.45) is 16.3 Å². The highest BCUT2D eigenvalue weighted by Gasteiger charge is 2.43. The van der Waals surface area contributed by atoms with Crippen molar-refractivity contribution in [3.63, 3.8) is 0 Å². The minimum atomic E-state index is 0.196. The van der Waals surface area contributed by atoms with E-state index in [0.717, 1.165) is 38.1 Å². The summed E-state index contributed by atoms with van der Waals surface area (Å²) in [6.45, 7) is 1.74. The SMILES string of the molecule is NC(CC1(CNCC2Cc3ccccc3O2)CC1)=NO. The van der Waals surface area contributed by atoms with E-state index >= 15 is 0 Å². The largest absolute Gasteiger partial charge is 0.488 e. The summed E-state index contributed by atoms with van der Waals surface area (Å²) in [6, 6.07) is 8.20. The van der Waals surface area contributed by atoms with Crippen LogP contribution in [0.25, 0.3) is 0 Å². The molecule has 1 aromatic carbocycles. The molecule has 1 fully saturated rings. The smallest absolute Gasteiger partial charge is 0.139 e. The van der Waals surface area contributed by atoms with Crippen LogP contribution in [0.3, 0.4) is 0 Å². The maximum atomic E-state index is 8.65. The van der Waals surface area contributed by atoms with Crippen LogP contribution >= 0.6 is 0 Å². The van der Waals surface area contributed by atoms with Gasteiger partial charge in [0.15, 0.2) is 0 Å². The van der Waals surface area contributed by atoms with Gasteiger partial charge in [-0.05, 0) is 29.9 Å². The van der Waals surface area contributed by atoms with E-state index in [1.165, 1.54) is 5.56 Å². The van der Waals surface area contributed by atoms with Crippen molar-refractivity contribution in [1.82, 2.24) is 5.32 Å². The second-order valence-corrected chi connectivity index (χ2v) is 5.95. The molecule has 1 saturated carbocycles. The summed E-state index contributed by atoms with van der Waals surface area (Å²) >= 11 is 0. The number of hydrogen-bond donors (Lipinski definition) is 3. The third-order valence-corrected chi connectivity index (χ3v) is 4.23. The van der Waals surface area contributed by atoms with Crippen molar-refractivity contribution in [3.05, 3.63) is 29.8 Å². The average Bonchev–Trinajstić information content (AvgIpc) is 3.07. The summed E-state index contributed by atoms with van der Waals surface area (Å²) in [4.78, 5) is 0. The number of para-hydroxylation sites is 1. The first kappa shape index (κ1) is 13.2. The Morgan fingerprint density at radius 2 is 2.25 bits per heavy atom. The number of nitrogens with zero attached hydrogens (tertiary/aromatic N) is 1. The maximum absolute atomic E-state index is 8.65. The van der Waals surface area contributed by atoms with Crippen LogP contribution in [0.1, 0.15) is 24.8 Å². The van der Waals surface area contributed by atoms with Gasteiger partial charge in [-0.2, -0.15) is 0 Å². The molecule has 0 radical (unpaired) electrons. The highest BCUT2D eigenvalue weighted by atomic mass is 16.5. The number of fused-ring (bicyclic) bond motifs is 1. The molecule has 2 aliphatic rings. The van der Waals surface area contributed by atoms with Gasteiger partial charge in [0.1, 0.15) is 17.7 Å². The van der Waals surface area contributed by atoms with Crippen molar-refractivity contribution in [3.8, 4) is 5.75 Å². The molecule has 4 N–H and O–H groups in total. The molecule has 0 aromatic heterocycles. The summed E-state index contributed by atoms with van der Waals surface area (Å²) < 4.78 is 5.89. The maximum Gasteiger partial charge on any atom is 0.139 e. The molecule has 0 spiro atoms. The van der Waals surface area contributed by atoms with Crippen LogP contribution in [0, 0.1) is 5.41 Å². The Bertz CT molecular complexity index is 487. The van der Waals surface area contributed by atoms with Crippen LogP contribution in [0.5, 0.6) is 5.75 Å². The zero-order valence-electron chi connectivity index (χ0n) is 11.5. The summed E-state index contributed by atoms with van der Waals surface area (Å²) in [5.74, 6) is 1.34. The minimum Gasteiger partial charge on any atom is -0.488 e. The number of hydrogen-bond acceptors (Lipinski definition) is 4. The van der Waals surface area contributed by atoms with Gasteiger partial charge in [-0.3, -0.25) is 0 Å². The van der Waals surface area contributed by atoms with Crippen molar-refractivity contribution in [1.29, 1.82) is 0 Å². The van der Waals surface area contributed by atoms with Gasteiger partial charge in [0, 0.05) is 25.9 Å². The van der Waals surface area contributed by atoms with E-state index < -0.39 is 0 Å². The Balaban J connectivity index is 1.44. The Morgan fingerprint density at radius 1 is 1.45 bits per heavy atom. The summed E-state index contributed by atoms with van der Waals surface area (Å²) in [7, 11) is 0. The summed E-state index contributed by atoms with van der Waals surface area (Å²) in [5, 5.41) is 15.2. The number of nitrogens with one attached hydrogen (secondary N) is 1. The summed E-state index contributed by atoms with van der Waals surface area (Å²) in [5.41, 5.74) is 7.08. The van der Waals surface area contributed by atoms with Gasteiger partial charge in [-0.25, -0.2) is 0 Å². The van der Waals surface area contributed by atoms with Crippen LogP contribution in [0.4, 0.5) is 0 Å². The van der Waals surface area contributed by atoms with Gasteiger partial charge >= 0.3 is 0 Å². The Kier molecular flexibility index (Phi) is 3.53. The summed E-state index contributed by atoms with van der Waals surface area (Å²) in [6.07, 6.45) is 4.13. The van der Waals surface area contributed by atoms with E-state index in [2.05, 4.69) is 16.5 Å². The zero-order chi connectivity index (χ0) is 14.0. The van der Waals surface area contributed by atoms with Gasteiger partial charge < -0.3 is 21.0 Å². The highest BCUT2D eigenvalue weighted by Crippen LogP contribution is 2.48. The fourth-order valence-electron chi connectivity index (χ4n) is 2.88. The molecule has 5 heteroatoms. The molecule has 1 aliphatic heterocycles. The Hall–Kier alpha value is -1.75. The van der Waals surface area contributed by atoms with Crippen LogP contribution in [0.15, 0.2) is 29.4 Å². The highest BCUT2D eigenvalue weighted by molar-refractivity contribution is 5.80. The molecule has 5 nitrogen and oxygen atoms in total. The third-order valence-electron chi connectivity index (χ3n) is 4.23. The second-order valence-electron chi connectivity index (χ2n) is 5.95. The molecule has 1 unspecified atom stereocenters. The first-order valence-electron chi connectivity index (χ1n) is 7.12. The van der Waals surface area contributed by atoms with E-state index in [-0.39, 0.29) is 11.5 Å². The number of nitrogens with two attached hydrogens (primary N) is 1. The van der Waals surface area contributed by atoms with E-state index in [4.69, 9.17) is 15.7 Å². The number of ether oxygens (including phenoxy) is 1. The molecule has 1 atom stereocenters. The normalized spacial score (nSPS) is 23.2. The number of rotatable bonds is 6. The second kappa shape index (κ2) is 5.32. The lowest BCUT2D eigenvalue weighted by Gasteiger charge is -2.17. The van der Waals surface area contributed by atoms with Crippen LogP contribution in [0.2, 0.25) is 0 Å². The molecule has 108 valence electrons. The van der Waals surface area contributed by atoms with Gasteiger partial charge in [-0.15, -0.1) is 0 Å². The first-order chi connectivity index (χ1) is 9.71. The quantitative estimate of drug-likeness (QED) is 0.318. The van der Waals surface area contributed by atoms with Crippen molar-refractivity contribution < 1.29 is 9.94 Å². The van der Waals surface area contributed by atoms with Crippen molar-refractivity contribution in [2.75, 3.05) is 13.1 Å². The number of amidine groups is 1. The van der Waals surface area contributed by atoms with E-state index in [0.29, 0.717) is 12.3 Å². The third kappa shape index (κ3) is 2.88. The number of benzene rings is 1. The predicted octanol–water partition coefficient (Wildman–Crippen LogP) is 1.50. The van der Waals surface area contributed by atoms with Crippen LogP contribution < -0.4 is 15.8 Å². The number of oxime groups is 1. The lowest BCUT2D eigenvalue weighted by molar-refractivity contribution is 0.223. The molecule has 1 heterocycles. The van der Waals surface area contributed by atoms with Crippen molar-refractivity contribution >= 4 is 5.84 Å². The van der Waals surface area contributed by atoms with E-state index in [1.807, 2.05) is 18.2 Å². The molecule has 3 rings (SSSR count). The lowest BCUT2D eigenvalue weighted by Crippen LogP contribution is -2.35. The van der Waals surface area contributed by atoms with E-state index in [9.17, 15) is 0 Å².